The van der Waals surface area contributed by atoms with Crippen LogP contribution in [-0.2, 0) is 11.8 Å². The van der Waals surface area contributed by atoms with Crippen LogP contribution in [-0.4, -0.2) is 59.3 Å². The minimum absolute atomic E-state index is 0.105. The van der Waals surface area contributed by atoms with Crippen LogP contribution in [0.3, 0.4) is 0 Å². The molecular weight excluding hydrogens is 306 g/mol. The monoisotopic (exact) mass is 327 g/mol. The summed E-state index contributed by atoms with van der Waals surface area (Å²) >= 11 is 0. The Bertz CT molecular complexity index is 724. The zero-order valence-electron chi connectivity index (χ0n) is 13.9. The number of aromatic nitrogens is 3. The number of para-hydroxylation sites is 1. The van der Waals surface area contributed by atoms with E-state index >= 15 is 0 Å². The molecule has 0 bridgehead atoms. The molecule has 0 N–H and O–H groups in total. The highest BCUT2D eigenvalue weighted by atomic mass is 16.5. The van der Waals surface area contributed by atoms with Gasteiger partial charge in [0.1, 0.15) is 18.4 Å². The molecule has 7 nitrogen and oxygen atoms in total. The van der Waals surface area contributed by atoms with E-state index in [1.165, 1.54) is 0 Å². The van der Waals surface area contributed by atoms with Crippen LogP contribution >= 0.6 is 0 Å². The summed E-state index contributed by atoms with van der Waals surface area (Å²) < 4.78 is 13.1. The topological polar surface area (TPSA) is 76.2 Å². The molecule has 1 aromatic heterocycles. The van der Waals surface area contributed by atoms with Crippen molar-refractivity contribution in [3.8, 4) is 11.8 Å². The predicted octanol–water partition coefficient (Wildman–Crippen LogP) is 1.18. The lowest BCUT2D eigenvalue weighted by Gasteiger charge is -2.16. The van der Waals surface area contributed by atoms with Crippen molar-refractivity contribution >= 4 is 0 Å². The van der Waals surface area contributed by atoms with E-state index in [4.69, 9.17) is 14.7 Å². The Morgan fingerprint density at radius 1 is 1.33 bits per heavy atom. The van der Waals surface area contributed by atoms with E-state index in [9.17, 15) is 0 Å². The quantitative estimate of drug-likeness (QED) is 0.793. The van der Waals surface area contributed by atoms with E-state index in [1.54, 1.807) is 17.9 Å². The van der Waals surface area contributed by atoms with Crippen molar-refractivity contribution < 1.29 is 9.47 Å². The molecule has 2 heterocycles. The van der Waals surface area contributed by atoms with Crippen LogP contribution in [0.2, 0.25) is 0 Å². The highest BCUT2D eigenvalue weighted by molar-refractivity contribution is 5.42. The largest absolute Gasteiger partial charge is 0.491 e. The number of hydrogen-bond donors (Lipinski definition) is 0. The van der Waals surface area contributed by atoms with E-state index in [0.717, 1.165) is 25.3 Å². The second kappa shape index (κ2) is 7.43. The second-order valence-corrected chi connectivity index (χ2v) is 5.91. The van der Waals surface area contributed by atoms with Gasteiger partial charge in [-0.15, -0.1) is 5.10 Å². The van der Waals surface area contributed by atoms with Gasteiger partial charge in [-0.05, 0) is 12.1 Å². The lowest BCUT2D eigenvalue weighted by molar-refractivity contribution is 0.0948. The normalized spacial score (nSPS) is 20.9. The van der Waals surface area contributed by atoms with Crippen molar-refractivity contribution in [2.24, 2.45) is 7.05 Å². The smallest absolute Gasteiger partial charge is 0.137 e. The molecule has 1 saturated heterocycles. The average Bonchev–Trinajstić information content (AvgIpc) is 3.21. The summed E-state index contributed by atoms with van der Waals surface area (Å²) in [6.45, 7) is 3.00. The van der Waals surface area contributed by atoms with Crippen LogP contribution in [0.15, 0.2) is 30.5 Å². The van der Waals surface area contributed by atoms with Crippen LogP contribution < -0.4 is 4.74 Å². The summed E-state index contributed by atoms with van der Waals surface area (Å²) in [5, 5.41) is 17.3. The van der Waals surface area contributed by atoms with Crippen molar-refractivity contribution in [1.29, 1.82) is 5.26 Å². The summed E-state index contributed by atoms with van der Waals surface area (Å²) in [7, 11) is 3.60. The molecule has 1 aromatic carbocycles. The third-order valence-electron chi connectivity index (χ3n) is 4.32. The molecule has 24 heavy (non-hydrogen) atoms. The molecule has 0 unspecified atom stereocenters. The van der Waals surface area contributed by atoms with Crippen molar-refractivity contribution in [3.05, 3.63) is 41.7 Å². The molecule has 1 fully saturated rings. The van der Waals surface area contributed by atoms with Gasteiger partial charge in [-0.3, -0.25) is 9.58 Å². The van der Waals surface area contributed by atoms with Gasteiger partial charge >= 0.3 is 0 Å². The minimum Gasteiger partial charge on any atom is -0.491 e. The molecule has 0 amide bonds. The number of likely N-dealkylation sites (tertiary alicyclic amines) is 1. The first-order valence-corrected chi connectivity index (χ1v) is 7.94. The number of nitrogens with zero attached hydrogens (tertiary/aromatic N) is 5. The van der Waals surface area contributed by atoms with E-state index in [2.05, 4.69) is 21.3 Å². The fourth-order valence-electron chi connectivity index (χ4n) is 3.06. The summed E-state index contributed by atoms with van der Waals surface area (Å²) in [6, 6.07) is 9.43. The van der Waals surface area contributed by atoms with Crippen LogP contribution in [0.25, 0.3) is 0 Å². The second-order valence-electron chi connectivity index (χ2n) is 5.91. The number of hydrogen-bond acceptors (Lipinski definition) is 6. The molecular formula is C17H21N5O2. The summed E-state index contributed by atoms with van der Waals surface area (Å²) in [5.41, 5.74) is 1.52. The molecule has 126 valence electrons. The van der Waals surface area contributed by atoms with Crippen LogP contribution in [0, 0.1) is 11.3 Å². The Morgan fingerprint density at radius 2 is 2.17 bits per heavy atom. The number of rotatable bonds is 6. The zero-order valence-corrected chi connectivity index (χ0v) is 13.9. The Hall–Kier alpha value is -2.43. The van der Waals surface area contributed by atoms with Gasteiger partial charge in [-0.2, -0.15) is 5.26 Å². The predicted molar refractivity (Wildman–Crippen MR) is 87.6 cm³/mol. The molecule has 2 aromatic rings. The molecule has 1 aliphatic rings. The number of aryl methyl sites for hydroxylation is 1. The summed E-state index contributed by atoms with van der Waals surface area (Å²) in [4.78, 5) is 2.29. The number of nitriles is 1. The van der Waals surface area contributed by atoms with E-state index in [-0.39, 0.29) is 12.0 Å². The van der Waals surface area contributed by atoms with Crippen molar-refractivity contribution in [2.75, 3.05) is 33.4 Å². The van der Waals surface area contributed by atoms with Gasteiger partial charge in [0.15, 0.2) is 0 Å². The van der Waals surface area contributed by atoms with Gasteiger partial charge in [0.2, 0.25) is 0 Å². The molecule has 2 atom stereocenters. The molecule has 0 radical (unpaired) electrons. The first kappa shape index (κ1) is 16.4. The Balaban J connectivity index is 1.56. The maximum absolute atomic E-state index is 9.09. The maximum Gasteiger partial charge on any atom is 0.137 e. The molecule has 1 aliphatic heterocycles. The fraction of sp³-hybridized carbons (Fsp3) is 0.471. The number of methoxy groups -OCH3 is 1. The molecule has 7 heteroatoms. The van der Waals surface area contributed by atoms with Gasteiger partial charge in [0.25, 0.3) is 0 Å². The maximum atomic E-state index is 9.09. The average molecular weight is 327 g/mol. The van der Waals surface area contributed by atoms with Gasteiger partial charge in [-0.1, -0.05) is 17.3 Å². The number of ether oxygens (including phenoxy) is 2. The van der Waals surface area contributed by atoms with Gasteiger partial charge in [0, 0.05) is 45.9 Å². The minimum atomic E-state index is 0.105. The first-order chi connectivity index (χ1) is 11.7. The standard InChI is InChI=1S/C17H21N5O2/c1-21-11-15(19-20-21)14-10-22(12-17(14)23-2)7-8-24-16-6-4-3-5-13(16)9-18/h3-6,11,14,17H,7-8,10,12H2,1-2H3/t14-,17+/m0/s1. The van der Waals surface area contributed by atoms with E-state index < -0.39 is 0 Å². The van der Waals surface area contributed by atoms with Crippen molar-refractivity contribution in [3.63, 3.8) is 0 Å². The van der Waals surface area contributed by atoms with Gasteiger partial charge in [0.05, 0.1) is 17.4 Å². The third-order valence-corrected chi connectivity index (χ3v) is 4.32. The molecule has 0 saturated carbocycles. The van der Waals surface area contributed by atoms with E-state index in [0.29, 0.717) is 17.9 Å². The van der Waals surface area contributed by atoms with Crippen molar-refractivity contribution in [2.45, 2.75) is 12.0 Å². The van der Waals surface area contributed by atoms with E-state index in [1.807, 2.05) is 31.4 Å². The third kappa shape index (κ3) is 3.55. The van der Waals surface area contributed by atoms with Crippen LogP contribution in [0.5, 0.6) is 5.75 Å². The zero-order chi connectivity index (χ0) is 16.9. The Morgan fingerprint density at radius 3 is 2.88 bits per heavy atom. The summed E-state index contributed by atoms with van der Waals surface area (Å²) in [5.74, 6) is 0.850. The highest BCUT2D eigenvalue weighted by Gasteiger charge is 2.35. The van der Waals surface area contributed by atoms with Gasteiger partial charge < -0.3 is 9.47 Å². The molecule has 3 rings (SSSR count). The van der Waals surface area contributed by atoms with Gasteiger partial charge in [-0.25, -0.2) is 0 Å². The lowest BCUT2D eigenvalue weighted by atomic mass is 10.0. The first-order valence-electron chi connectivity index (χ1n) is 7.94. The lowest BCUT2D eigenvalue weighted by Crippen LogP contribution is -2.27. The van der Waals surface area contributed by atoms with Crippen LogP contribution in [0.1, 0.15) is 17.2 Å². The SMILES string of the molecule is CO[C@@H]1CN(CCOc2ccccc2C#N)C[C@H]1c1cn(C)nn1. The highest BCUT2D eigenvalue weighted by Crippen LogP contribution is 2.28. The number of benzene rings is 1. The summed E-state index contributed by atoms with van der Waals surface area (Å²) in [6.07, 6.45) is 2.05. The molecule has 0 spiro atoms. The van der Waals surface area contributed by atoms with Crippen LogP contribution in [0.4, 0.5) is 0 Å². The Labute approximate surface area is 141 Å². The van der Waals surface area contributed by atoms with Crippen molar-refractivity contribution in [1.82, 2.24) is 19.9 Å². The molecule has 0 aliphatic carbocycles. The fourth-order valence-corrected chi connectivity index (χ4v) is 3.06. The Kier molecular flexibility index (Phi) is 5.08.